The number of thiazole rings is 1. The first-order valence-electron chi connectivity index (χ1n) is 5.79. The predicted molar refractivity (Wildman–Crippen MR) is 74.2 cm³/mol. The highest BCUT2D eigenvalue weighted by Crippen LogP contribution is 2.29. The van der Waals surface area contributed by atoms with E-state index < -0.39 is 5.97 Å². The van der Waals surface area contributed by atoms with Gasteiger partial charge in [-0.15, -0.1) is 11.3 Å². The van der Waals surface area contributed by atoms with Gasteiger partial charge in [0.1, 0.15) is 5.75 Å². The second-order valence-electron chi connectivity index (χ2n) is 3.90. The number of rotatable bonds is 4. The number of benzene rings is 1. The molecule has 0 aliphatic heterocycles. The van der Waals surface area contributed by atoms with E-state index in [0.717, 1.165) is 5.56 Å². The van der Waals surface area contributed by atoms with Crippen LogP contribution in [0.5, 0.6) is 5.75 Å². The van der Waals surface area contributed by atoms with Crippen LogP contribution in [-0.4, -0.2) is 22.7 Å². The van der Waals surface area contributed by atoms with E-state index in [9.17, 15) is 9.90 Å². The van der Waals surface area contributed by atoms with E-state index in [1.807, 2.05) is 13.0 Å². The molecule has 2 N–H and O–H groups in total. The molecule has 0 radical (unpaired) electrons. The Morgan fingerprint density at radius 3 is 3.00 bits per heavy atom. The van der Waals surface area contributed by atoms with Crippen LogP contribution in [0.25, 0.3) is 0 Å². The average Bonchev–Trinajstić information content (AvgIpc) is 2.82. The molecule has 2 rings (SSSR count). The highest BCUT2D eigenvalue weighted by atomic mass is 32.1. The molecule has 0 atom stereocenters. The van der Waals surface area contributed by atoms with Gasteiger partial charge in [0.15, 0.2) is 10.8 Å². The molecule has 100 valence electrons. The molecule has 0 saturated carbocycles. The Bertz CT molecular complexity index is 595. The third-order valence-electron chi connectivity index (χ3n) is 2.38. The summed E-state index contributed by atoms with van der Waals surface area (Å²) < 4.78 is 4.86. The number of nitrogens with zero attached hydrogens (tertiary/aromatic N) is 1. The smallest absolute Gasteiger partial charge is 0.357 e. The third kappa shape index (κ3) is 3.23. The fourth-order valence-electron chi connectivity index (χ4n) is 1.49. The van der Waals surface area contributed by atoms with E-state index in [-0.39, 0.29) is 11.4 Å². The molecular weight excluding hydrogens is 264 g/mol. The molecular formula is C13H14N2O3S. The van der Waals surface area contributed by atoms with Gasteiger partial charge in [-0.3, -0.25) is 0 Å². The van der Waals surface area contributed by atoms with Crippen molar-refractivity contribution in [3.05, 3.63) is 34.8 Å². The maximum atomic E-state index is 11.5. The lowest BCUT2D eigenvalue weighted by molar-refractivity contribution is 0.0520. The lowest BCUT2D eigenvalue weighted by atomic mass is 10.2. The minimum absolute atomic E-state index is 0.146. The second kappa shape index (κ2) is 5.71. The molecule has 1 heterocycles. The molecule has 1 aromatic carbocycles. The molecule has 19 heavy (non-hydrogen) atoms. The minimum Gasteiger partial charge on any atom is -0.506 e. The number of carbonyl (C=O) groups excluding carboxylic acids is 1. The van der Waals surface area contributed by atoms with Crippen molar-refractivity contribution in [1.29, 1.82) is 0 Å². The molecule has 6 heteroatoms. The number of aryl methyl sites for hydroxylation is 1. The van der Waals surface area contributed by atoms with Crippen molar-refractivity contribution in [2.45, 2.75) is 13.8 Å². The van der Waals surface area contributed by atoms with Gasteiger partial charge < -0.3 is 15.2 Å². The Hall–Kier alpha value is -2.08. The number of anilines is 2. The predicted octanol–water partition coefficient (Wildman–Crippen LogP) is 3.08. The summed E-state index contributed by atoms with van der Waals surface area (Å²) in [5, 5.41) is 14.9. The van der Waals surface area contributed by atoms with Crippen molar-refractivity contribution >= 4 is 28.1 Å². The van der Waals surface area contributed by atoms with Gasteiger partial charge in [0, 0.05) is 5.38 Å². The summed E-state index contributed by atoms with van der Waals surface area (Å²) in [6.07, 6.45) is 0. The van der Waals surface area contributed by atoms with E-state index in [4.69, 9.17) is 4.74 Å². The first-order chi connectivity index (χ1) is 9.10. The zero-order chi connectivity index (χ0) is 13.8. The number of nitrogens with one attached hydrogen (secondary N) is 1. The molecule has 0 spiro atoms. The van der Waals surface area contributed by atoms with Gasteiger partial charge in [0.2, 0.25) is 0 Å². The number of phenolic OH excluding ortho intramolecular Hbond substituents is 1. The molecule has 0 aliphatic carbocycles. The fourth-order valence-corrected chi connectivity index (χ4v) is 2.18. The average molecular weight is 278 g/mol. The van der Waals surface area contributed by atoms with Gasteiger partial charge in [-0.05, 0) is 31.5 Å². The van der Waals surface area contributed by atoms with Crippen LogP contribution in [0, 0.1) is 6.92 Å². The quantitative estimate of drug-likeness (QED) is 0.664. The van der Waals surface area contributed by atoms with Crippen LogP contribution < -0.4 is 5.32 Å². The molecule has 0 aliphatic rings. The molecule has 1 aromatic heterocycles. The molecule has 2 aromatic rings. The maximum Gasteiger partial charge on any atom is 0.357 e. The van der Waals surface area contributed by atoms with E-state index in [1.54, 1.807) is 24.4 Å². The maximum absolute atomic E-state index is 11.5. The van der Waals surface area contributed by atoms with Gasteiger partial charge >= 0.3 is 5.97 Å². The largest absolute Gasteiger partial charge is 0.506 e. The standard InChI is InChI=1S/C13H14N2O3S/c1-3-18-12(17)10-7-19-13(15-10)14-9-5-4-8(2)6-11(9)16/h4-7,16H,3H2,1-2H3,(H,14,15). The summed E-state index contributed by atoms with van der Waals surface area (Å²) in [4.78, 5) is 15.6. The summed E-state index contributed by atoms with van der Waals surface area (Å²) in [7, 11) is 0. The van der Waals surface area contributed by atoms with Gasteiger partial charge in [-0.25, -0.2) is 9.78 Å². The summed E-state index contributed by atoms with van der Waals surface area (Å²) in [6.45, 7) is 3.96. The van der Waals surface area contributed by atoms with Gasteiger partial charge in [0.05, 0.1) is 12.3 Å². The highest BCUT2D eigenvalue weighted by molar-refractivity contribution is 7.14. The van der Waals surface area contributed by atoms with Crippen molar-refractivity contribution in [1.82, 2.24) is 4.98 Å². The van der Waals surface area contributed by atoms with Crippen molar-refractivity contribution in [3.63, 3.8) is 0 Å². The summed E-state index contributed by atoms with van der Waals surface area (Å²) in [6, 6.07) is 5.29. The fraction of sp³-hybridized carbons (Fsp3) is 0.231. The number of esters is 1. The van der Waals surface area contributed by atoms with Crippen LogP contribution in [-0.2, 0) is 4.74 Å². The van der Waals surface area contributed by atoms with Gasteiger partial charge in [0.25, 0.3) is 0 Å². The van der Waals surface area contributed by atoms with Crippen LogP contribution in [0.1, 0.15) is 23.0 Å². The number of phenols is 1. The van der Waals surface area contributed by atoms with Gasteiger partial charge in [-0.2, -0.15) is 0 Å². The highest BCUT2D eigenvalue weighted by Gasteiger charge is 2.12. The number of aromatic nitrogens is 1. The number of ether oxygens (including phenoxy) is 1. The zero-order valence-electron chi connectivity index (χ0n) is 10.6. The Labute approximate surface area is 114 Å². The Morgan fingerprint density at radius 2 is 2.32 bits per heavy atom. The van der Waals surface area contributed by atoms with Crippen LogP contribution in [0.3, 0.4) is 0 Å². The van der Waals surface area contributed by atoms with Crippen LogP contribution >= 0.6 is 11.3 Å². The Balaban J connectivity index is 2.13. The molecule has 0 amide bonds. The monoisotopic (exact) mass is 278 g/mol. The number of carbonyl (C=O) groups is 1. The molecule has 5 nitrogen and oxygen atoms in total. The first kappa shape index (κ1) is 13.4. The van der Waals surface area contributed by atoms with Crippen LogP contribution in [0.15, 0.2) is 23.6 Å². The molecule has 0 fully saturated rings. The van der Waals surface area contributed by atoms with E-state index >= 15 is 0 Å². The lowest BCUT2D eigenvalue weighted by Gasteiger charge is -2.05. The number of aromatic hydroxyl groups is 1. The Morgan fingerprint density at radius 1 is 1.53 bits per heavy atom. The summed E-state index contributed by atoms with van der Waals surface area (Å²) >= 11 is 1.28. The molecule has 0 saturated heterocycles. The zero-order valence-corrected chi connectivity index (χ0v) is 11.5. The minimum atomic E-state index is -0.445. The van der Waals surface area contributed by atoms with Crippen molar-refractivity contribution in [2.24, 2.45) is 0 Å². The van der Waals surface area contributed by atoms with Crippen molar-refractivity contribution in [3.8, 4) is 5.75 Å². The van der Waals surface area contributed by atoms with E-state index in [2.05, 4.69) is 10.3 Å². The summed E-state index contributed by atoms with van der Waals surface area (Å²) in [5.41, 5.74) is 1.78. The van der Waals surface area contributed by atoms with Crippen LogP contribution in [0.4, 0.5) is 10.8 Å². The lowest BCUT2D eigenvalue weighted by Crippen LogP contribution is -2.05. The molecule has 0 unspecified atom stereocenters. The molecule has 0 bridgehead atoms. The Kier molecular flexibility index (Phi) is 4.01. The summed E-state index contributed by atoms with van der Waals surface area (Å²) in [5.74, 6) is -0.298. The van der Waals surface area contributed by atoms with Crippen LogP contribution in [0.2, 0.25) is 0 Å². The third-order valence-corrected chi connectivity index (χ3v) is 3.14. The number of hydrogen-bond acceptors (Lipinski definition) is 6. The van der Waals surface area contributed by atoms with E-state index in [1.165, 1.54) is 11.3 Å². The normalized spacial score (nSPS) is 10.2. The van der Waals surface area contributed by atoms with Gasteiger partial charge in [-0.1, -0.05) is 6.07 Å². The van der Waals surface area contributed by atoms with E-state index in [0.29, 0.717) is 17.4 Å². The second-order valence-corrected chi connectivity index (χ2v) is 4.76. The first-order valence-corrected chi connectivity index (χ1v) is 6.67. The topological polar surface area (TPSA) is 71.5 Å². The number of hydrogen-bond donors (Lipinski definition) is 2. The van der Waals surface area contributed by atoms with Crippen molar-refractivity contribution < 1.29 is 14.6 Å². The SMILES string of the molecule is CCOC(=O)c1csc(Nc2ccc(C)cc2O)n1. The van der Waals surface area contributed by atoms with Crippen molar-refractivity contribution in [2.75, 3.05) is 11.9 Å².